The van der Waals surface area contributed by atoms with Gasteiger partial charge in [0.15, 0.2) is 0 Å². The second-order valence-corrected chi connectivity index (χ2v) is 28.7. The summed E-state index contributed by atoms with van der Waals surface area (Å²) in [6.45, 7) is -2.01. The average molecular weight is 1720 g/mol. The van der Waals surface area contributed by atoms with Crippen LogP contribution in [0.5, 0.6) is 46.0 Å². The summed E-state index contributed by atoms with van der Waals surface area (Å²) in [6.07, 6.45) is 5.08. The van der Waals surface area contributed by atoms with Gasteiger partial charge in [0.25, 0.3) is 0 Å². The lowest BCUT2D eigenvalue weighted by Crippen LogP contribution is -2.08. The van der Waals surface area contributed by atoms with Gasteiger partial charge in [0, 0.05) is 95.7 Å². The smallest absolute Gasteiger partial charge is 0.335 e. The Balaban J connectivity index is 1.58. The minimum atomic E-state index is -1.48. The highest BCUT2D eigenvalue weighted by Crippen LogP contribution is 2.51. The predicted molar refractivity (Wildman–Crippen MR) is 444 cm³/mol. The van der Waals surface area contributed by atoms with Gasteiger partial charge in [0.05, 0.1) is 120 Å². The third kappa shape index (κ3) is 26.8. The predicted octanol–water partition coefficient (Wildman–Crippen LogP) is 15.2. The molecule has 36 heteroatoms. The van der Waals surface area contributed by atoms with E-state index in [2.05, 4.69) is 9.97 Å². The number of ether oxygens (including phenoxy) is 8. The highest BCUT2D eigenvalue weighted by atomic mass is 16.5. The first-order valence-electron chi connectivity index (χ1n) is 40.1. The van der Waals surface area contributed by atoms with Crippen molar-refractivity contribution in [2.24, 2.45) is 0 Å². The molecule has 0 amide bonds. The van der Waals surface area contributed by atoms with Gasteiger partial charge in [-0.15, -0.1) is 0 Å². The number of hydrogen-bond acceptors (Lipinski definition) is 22. The van der Waals surface area contributed by atoms with Crippen molar-refractivity contribution in [1.82, 2.24) is 19.9 Å². The van der Waals surface area contributed by atoms with Crippen molar-refractivity contribution in [2.45, 2.75) is 154 Å². The molecule has 0 unspecified atom stereocenters. The lowest BCUT2D eigenvalue weighted by Gasteiger charge is -2.20. The van der Waals surface area contributed by atoms with Crippen molar-refractivity contribution >= 4 is 118 Å². The van der Waals surface area contributed by atoms with Gasteiger partial charge in [-0.2, -0.15) is 0 Å². The average Bonchev–Trinajstić information content (AvgIpc) is 1.56. The molecule has 36 nitrogen and oxygen atoms in total. The fourth-order valence-corrected chi connectivity index (χ4v) is 13.5. The molecule has 124 heavy (non-hydrogen) atoms. The number of carboxylic acids is 12. The van der Waals surface area contributed by atoms with Gasteiger partial charge in [-0.05, 0) is 200 Å². The van der Waals surface area contributed by atoms with Crippen molar-refractivity contribution in [3.05, 3.63) is 118 Å². The van der Waals surface area contributed by atoms with Crippen molar-refractivity contribution < 1.29 is 157 Å². The third-order valence-electron chi connectivity index (χ3n) is 19.3. The maximum absolute atomic E-state index is 13.4. The molecular weight excluding hydrogens is 1620 g/mol. The van der Waals surface area contributed by atoms with Crippen molar-refractivity contribution in [1.29, 1.82) is 0 Å². The number of aromatic nitrogens is 4. The SMILES string of the molecule is O=C(O)CCCCOc1cc(C(=O)O)cc(OCCCCC(=O)O)c1-c1c2nc(c(-c3c(OCCCCC(=O)O)cc(C(=O)O)cc3OCCCCC(=O)O)c3ccc([nH]3)c(-c3c(OCCCCC(=O)O)cc(C(=O)O)cc3OCCCCC(=O)O)c3nc(c(-c4c(OCCCCC(=O)O)cc(C(=O)O)cc4OCCCCC(=O)O)c4ccc1[nH]4)C=C3)C=C2. The molecule has 4 aromatic carbocycles. The molecule has 0 fully saturated rings. The standard InChI is InChI=1S/C88H94N4O32/c93-69(94)17-1-9-33-117-61-41-49(85(109)110)42-62(118-34-10-2-18-70(95)96)81(61)77-53-25-27-55(89-53)78(82-63(119-35-11-3-19-71(97)98)43-50(86(111)112)44-64(82)120-36-12-4-20-72(99)100)57-29-31-59(91-57)80(84-67(123-39-15-7-23-75(105)106)47-52(88(115)116)48-68(84)124-40-16-8-24-76(107)108)60-32-30-58(92-60)79(56-28-26-54(77)90-56)83-65(121-37-13-5-21-73(101)102)45-51(87(113)114)46-66(83)122-38-14-6-22-74(103)104/h25-32,41-48,89,92H,1-24,33-40H2,(H,93,94)(H,95,96)(H,97,98)(H,99,100)(H,101,102)(H,103,104)(H,105,106)(H,107,108)(H,109,110)(H,111,112)(H,113,114)(H,115,116). The minimum absolute atomic E-state index is 0.0214. The molecule has 2 aliphatic heterocycles. The molecule has 5 heterocycles. The van der Waals surface area contributed by atoms with Gasteiger partial charge in [-0.25, -0.2) is 29.1 Å². The molecule has 0 spiro atoms. The number of carbonyl (C=O) groups is 12. The normalized spacial score (nSPS) is 11.4. The molecule has 658 valence electrons. The molecule has 0 aliphatic carbocycles. The quantitative estimate of drug-likeness (QED) is 0.0157. The Bertz CT molecular complexity index is 4580. The van der Waals surface area contributed by atoms with Crippen LogP contribution in [-0.4, -0.2) is 206 Å². The largest absolute Gasteiger partial charge is 0.493 e. The zero-order valence-corrected chi connectivity index (χ0v) is 67.3. The van der Waals surface area contributed by atoms with Crippen molar-refractivity contribution in [2.75, 3.05) is 52.9 Å². The minimum Gasteiger partial charge on any atom is -0.493 e. The number of benzene rings is 4. The number of carboxylic acid groups (broad SMARTS) is 12. The number of aliphatic carboxylic acids is 8. The second-order valence-electron chi connectivity index (χ2n) is 28.7. The summed E-state index contributed by atoms with van der Waals surface area (Å²) in [5, 5.41) is 121. The number of rotatable bonds is 56. The van der Waals surface area contributed by atoms with E-state index in [-0.39, 0.29) is 342 Å². The van der Waals surface area contributed by atoms with E-state index in [4.69, 9.17) is 47.9 Å². The van der Waals surface area contributed by atoms with Crippen molar-refractivity contribution in [3.63, 3.8) is 0 Å². The van der Waals surface area contributed by atoms with Crippen LogP contribution in [0.1, 0.15) is 218 Å². The summed E-state index contributed by atoms with van der Waals surface area (Å²) in [6, 6.07) is 15.8. The molecule has 0 saturated heterocycles. The van der Waals surface area contributed by atoms with Gasteiger partial charge < -0.3 is 109 Å². The monoisotopic (exact) mass is 1720 g/mol. The first kappa shape index (κ1) is 93.4. The van der Waals surface area contributed by atoms with Crippen LogP contribution in [-0.2, 0) is 38.4 Å². The van der Waals surface area contributed by atoms with Crippen LogP contribution in [0, 0.1) is 0 Å². The van der Waals surface area contributed by atoms with Crippen LogP contribution in [0.4, 0.5) is 0 Å². The topological polar surface area (TPSA) is 579 Å². The summed E-state index contributed by atoms with van der Waals surface area (Å²) < 4.78 is 52.7. The Morgan fingerprint density at radius 2 is 0.363 bits per heavy atom. The maximum Gasteiger partial charge on any atom is 0.335 e. The van der Waals surface area contributed by atoms with Gasteiger partial charge >= 0.3 is 71.6 Å². The number of aromatic amines is 2. The zero-order chi connectivity index (χ0) is 89.5. The van der Waals surface area contributed by atoms with Gasteiger partial charge in [0.2, 0.25) is 0 Å². The fraction of sp³-hybridized carbons (Fsp3) is 0.364. The third-order valence-corrected chi connectivity index (χ3v) is 19.3. The van der Waals surface area contributed by atoms with Crippen LogP contribution < -0.4 is 37.9 Å². The van der Waals surface area contributed by atoms with E-state index >= 15 is 0 Å². The van der Waals surface area contributed by atoms with Crippen LogP contribution in [0.15, 0.2) is 72.8 Å². The molecule has 9 rings (SSSR count). The molecule has 0 atom stereocenters. The van der Waals surface area contributed by atoms with E-state index in [0.717, 1.165) is 0 Å². The van der Waals surface area contributed by atoms with Crippen LogP contribution in [0.3, 0.4) is 0 Å². The van der Waals surface area contributed by atoms with E-state index in [0.29, 0.717) is 0 Å². The highest BCUT2D eigenvalue weighted by Gasteiger charge is 2.32. The molecular formula is C88H94N4O32. The number of nitrogens with one attached hydrogen (secondary N) is 2. The van der Waals surface area contributed by atoms with Crippen LogP contribution in [0.2, 0.25) is 0 Å². The van der Waals surface area contributed by atoms with E-state index in [1.54, 1.807) is 24.3 Å². The fourth-order valence-electron chi connectivity index (χ4n) is 13.5. The Morgan fingerprint density at radius 1 is 0.218 bits per heavy atom. The van der Waals surface area contributed by atoms with Gasteiger partial charge in [0.1, 0.15) is 46.0 Å². The summed E-state index contributed by atoms with van der Waals surface area (Å²) in [5.41, 5.74) is -1.46. The molecule has 0 saturated carbocycles. The first-order valence-corrected chi connectivity index (χ1v) is 40.1. The number of hydrogen-bond donors (Lipinski definition) is 14. The summed E-state index contributed by atoms with van der Waals surface area (Å²) in [5.74, 6) is -16.4. The number of unbranched alkanes of at least 4 members (excludes halogenated alkanes) is 8. The Hall–Kier alpha value is -14.5. The van der Waals surface area contributed by atoms with E-state index in [1.807, 2.05) is 0 Å². The lowest BCUT2D eigenvalue weighted by atomic mass is 9.98. The first-order chi connectivity index (χ1) is 59.5. The molecule has 3 aromatic heterocycles. The van der Waals surface area contributed by atoms with Crippen LogP contribution in [0.25, 0.3) is 90.9 Å². The van der Waals surface area contributed by atoms with Crippen molar-refractivity contribution in [3.8, 4) is 90.5 Å². The number of H-pyrrole nitrogens is 2. The highest BCUT2D eigenvalue weighted by molar-refractivity contribution is 6.06. The number of nitrogens with zero attached hydrogens (tertiary/aromatic N) is 2. The Labute approximate surface area is 706 Å². The molecule has 0 radical (unpaired) electrons. The lowest BCUT2D eigenvalue weighted by molar-refractivity contribution is -0.138. The zero-order valence-electron chi connectivity index (χ0n) is 67.3. The number of aromatic carboxylic acids is 4. The summed E-state index contributed by atoms with van der Waals surface area (Å²) >= 11 is 0. The maximum atomic E-state index is 13.4. The Morgan fingerprint density at radius 3 is 0.492 bits per heavy atom. The number of fused-ring (bicyclic) bond motifs is 8. The molecule has 7 aromatic rings. The summed E-state index contributed by atoms with van der Waals surface area (Å²) in [7, 11) is 0. The van der Waals surface area contributed by atoms with Crippen LogP contribution >= 0.6 is 0 Å². The van der Waals surface area contributed by atoms with E-state index in [1.165, 1.54) is 72.8 Å². The second kappa shape index (κ2) is 45.8. The van der Waals surface area contributed by atoms with E-state index in [9.17, 15) is 119 Å². The molecule has 14 N–H and O–H groups in total. The molecule has 2 aliphatic rings. The molecule has 8 bridgehead atoms. The van der Waals surface area contributed by atoms with E-state index < -0.39 is 93.9 Å². The Kier molecular flexibility index (Phi) is 34.5. The van der Waals surface area contributed by atoms with Gasteiger partial charge in [-0.3, -0.25) is 38.4 Å². The summed E-state index contributed by atoms with van der Waals surface area (Å²) in [4.78, 5) is 167. The van der Waals surface area contributed by atoms with Gasteiger partial charge in [-0.1, -0.05) is 0 Å².